The minimum Gasteiger partial charge on any atom is -0.435 e. The van der Waals surface area contributed by atoms with Crippen LogP contribution in [0.15, 0.2) is 47.6 Å². The Bertz CT molecular complexity index is 726. The van der Waals surface area contributed by atoms with Gasteiger partial charge in [0.1, 0.15) is 5.75 Å². The van der Waals surface area contributed by atoms with Crippen LogP contribution in [0.1, 0.15) is 23.7 Å². The highest BCUT2D eigenvalue weighted by Crippen LogP contribution is 2.16. The molecule has 2 aromatic rings. The molecule has 0 spiro atoms. The van der Waals surface area contributed by atoms with E-state index >= 15 is 0 Å². The van der Waals surface area contributed by atoms with Crippen LogP contribution in [0.3, 0.4) is 0 Å². The number of hydrogen-bond donors (Lipinski definition) is 1. The van der Waals surface area contributed by atoms with Gasteiger partial charge in [-0.2, -0.15) is 8.78 Å². The van der Waals surface area contributed by atoms with Crippen LogP contribution in [-0.4, -0.2) is 36.0 Å². The average Bonchev–Trinajstić information content (AvgIpc) is 2.61. The van der Waals surface area contributed by atoms with E-state index in [1.165, 1.54) is 12.1 Å². The summed E-state index contributed by atoms with van der Waals surface area (Å²) in [5.41, 5.74) is 3.00. The molecule has 0 atom stereocenters. The highest BCUT2D eigenvalue weighted by Gasteiger charge is 2.09. The first-order valence-electron chi connectivity index (χ1n) is 8.43. The number of benzene rings is 1. The number of aryl methyl sites for hydroxylation is 1. The number of rotatable bonds is 7. The summed E-state index contributed by atoms with van der Waals surface area (Å²) >= 11 is 0. The van der Waals surface area contributed by atoms with E-state index in [2.05, 4.69) is 20.0 Å². The molecular weight excluding hydrogens is 465 g/mol. The number of ether oxygens (including phenoxy) is 1. The number of pyridine rings is 1. The molecule has 8 heteroatoms. The van der Waals surface area contributed by atoms with Gasteiger partial charge in [-0.15, -0.1) is 24.0 Å². The summed E-state index contributed by atoms with van der Waals surface area (Å²) in [5, 5.41) is 3.25. The smallest absolute Gasteiger partial charge is 0.387 e. The second-order valence-electron chi connectivity index (χ2n) is 5.82. The summed E-state index contributed by atoms with van der Waals surface area (Å²) in [6.07, 6.45) is 1.76. The maximum atomic E-state index is 12.2. The highest BCUT2D eigenvalue weighted by molar-refractivity contribution is 14.0. The number of hydrogen-bond acceptors (Lipinski definition) is 3. The van der Waals surface area contributed by atoms with E-state index in [0.29, 0.717) is 13.1 Å². The topological polar surface area (TPSA) is 49.8 Å². The fourth-order valence-corrected chi connectivity index (χ4v) is 2.43. The summed E-state index contributed by atoms with van der Waals surface area (Å²) < 4.78 is 28.8. The number of aliphatic imine (C=N–C) groups is 1. The van der Waals surface area contributed by atoms with E-state index in [-0.39, 0.29) is 29.7 Å². The number of halogens is 3. The van der Waals surface area contributed by atoms with Gasteiger partial charge in [-0.3, -0.25) is 4.98 Å². The number of nitrogens with one attached hydrogen (secondary N) is 1. The zero-order valence-corrected chi connectivity index (χ0v) is 18.0. The van der Waals surface area contributed by atoms with Gasteiger partial charge in [0.05, 0.1) is 12.2 Å². The molecule has 0 amide bonds. The Labute approximate surface area is 175 Å². The molecule has 0 bridgehead atoms. The van der Waals surface area contributed by atoms with Gasteiger partial charge < -0.3 is 15.0 Å². The largest absolute Gasteiger partial charge is 0.435 e. The highest BCUT2D eigenvalue weighted by atomic mass is 127. The van der Waals surface area contributed by atoms with E-state index in [1.54, 1.807) is 18.3 Å². The summed E-state index contributed by atoms with van der Waals surface area (Å²) in [6, 6.07) is 10.5. The van der Waals surface area contributed by atoms with Crippen LogP contribution in [0.25, 0.3) is 0 Å². The minimum absolute atomic E-state index is 0. The predicted octanol–water partition coefficient (Wildman–Crippen LogP) is 4.21. The second-order valence-corrected chi connectivity index (χ2v) is 5.82. The molecule has 5 nitrogen and oxygen atoms in total. The average molecular weight is 490 g/mol. The summed E-state index contributed by atoms with van der Waals surface area (Å²) in [5.74, 6) is 0.906. The lowest BCUT2D eigenvalue weighted by atomic mass is 10.2. The van der Waals surface area contributed by atoms with Gasteiger partial charge in [-0.05, 0) is 43.2 Å². The van der Waals surface area contributed by atoms with Crippen LogP contribution < -0.4 is 10.1 Å². The molecule has 148 valence electrons. The maximum Gasteiger partial charge on any atom is 0.387 e. The van der Waals surface area contributed by atoms with Crippen molar-refractivity contribution in [3.05, 3.63) is 59.4 Å². The quantitative estimate of drug-likeness (QED) is 0.359. The lowest BCUT2D eigenvalue weighted by Crippen LogP contribution is -2.38. The number of guanidine groups is 1. The first kappa shape index (κ1) is 23.1. The van der Waals surface area contributed by atoms with E-state index in [1.807, 2.05) is 37.9 Å². The van der Waals surface area contributed by atoms with Gasteiger partial charge in [0.2, 0.25) is 0 Å². The third kappa shape index (κ3) is 7.66. The summed E-state index contributed by atoms with van der Waals surface area (Å²) in [6.45, 7) is 3.02. The molecule has 2 rings (SSSR count). The Morgan fingerprint density at radius 2 is 1.96 bits per heavy atom. The van der Waals surface area contributed by atoms with Crippen LogP contribution >= 0.6 is 24.0 Å². The standard InChI is InChI=1S/C19H24F2N4O.HI/c1-4-22-19(24-12-17-14(2)6-5-11-23-17)25(3)13-15-7-9-16(10-8-15)26-18(20)21;/h5-11,18H,4,12-13H2,1-3H3,(H,22,24);1H. The van der Waals surface area contributed by atoms with E-state index in [4.69, 9.17) is 0 Å². The Morgan fingerprint density at radius 3 is 2.56 bits per heavy atom. The molecule has 1 aromatic carbocycles. The van der Waals surface area contributed by atoms with Gasteiger partial charge >= 0.3 is 6.61 Å². The lowest BCUT2D eigenvalue weighted by molar-refractivity contribution is -0.0498. The first-order valence-corrected chi connectivity index (χ1v) is 8.43. The number of nitrogens with zero attached hydrogens (tertiary/aromatic N) is 3. The molecular formula is C19H25F2IN4O. The van der Waals surface area contributed by atoms with Crippen LogP contribution in [0.4, 0.5) is 8.78 Å². The van der Waals surface area contributed by atoms with Crippen molar-refractivity contribution in [2.45, 2.75) is 33.5 Å². The van der Waals surface area contributed by atoms with Crippen molar-refractivity contribution >= 4 is 29.9 Å². The molecule has 0 unspecified atom stereocenters. The zero-order valence-electron chi connectivity index (χ0n) is 15.7. The molecule has 0 fully saturated rings. The fraction of sp³-hybridized carbons (Fsp3) is 0.368. The van der Waals surface area contributed by atoms with E-state index in [9.17, 15) is 8.78 Å². The van der Waals surface area contributed by atoms with Gasteiger partial charge in [0.15, 0.2) is 5.96 Å². The monoisotopic (exact) mass is 490 g/mol. The normalized spacial score (nSPS) is 11.1. The number of alkyl halides is 2. The molecule has 0 aliphatic carbocycles. The van der Waals surface area contributed by atoms with Crippen LogP contribution in [0.5, 0.6) is 5.75 Å². The Morgan fingerprint density at radius 1 is 1.26 bits per heavy atom. The van der Waals surface area contributed by atoms with Crippen LogP contribution in [0.2, 0.25) is 0 Å². The van der Waals surface area contributed by atoms with Gasteiger partial charge in [0.25, 0.3) is 0 Å². The van der Waals surface area contributed by atoms with Crippen molar-refractivity contribution in [2.24, 2.45) is 4.99 Å². The third-order valence-corrected chi connectivity index (χ3v) is 3.76. The molecule has 27 heavy (non-hydrogen) atoms. The summed E-state index contributed by atoms with van der Waals surface area (Å²) in [7, 11) is 1.93. The minimum atomic E-state index is -2.81. The van der Waals surface area contributed by atoms with Gasteiger partial charge in [0, 0.05) is 26.3 Å². The van der Waals surface area contributed by atoms with Crippen LogP contribution in [0, 0.1) is 6.92 Å². The Kier molecular flexibility index (Phi) is 9.98. The van der Waals surface area contributed by atoms with Crippen molar-refractivity contribution in [3.63, 3.8) is 0 Å². The van der Waals surface area contributed by atoms with Crippen molar-refractivity contribution in [2.75, 3.05) is 13.6 Å². The van der Waals surface area contributed by atoms with Gasteiger partial charge in [-0.1, -0.05) is 18.2 Å². The molecule has 1 N–H and O–H groups in total. The predicted molar refractivity (Wildman–Crippen MR) is 114 cm³/mol. The fourth-order valence-electron chi connectivity index (χ4n) is 2.43. The Hall–Kier alpha value is -1.97. The van der Waals surface area contributed by atoms with E-state index < -0.39 is 6.61 Å². The Balaban J connectivity index is 0.00000364. The van der Waals surface area contributed by atoms with Crippen molar-refractivity contribution in [1.29, 1.82) is 0 Å². The van der Waals surface area contributed by atoms with Gasteiger partial charge in [-0.25, -0.2) is 4.99 Å². The lowest BCUT2D eigenvalue weighted by Gasteiger charge is -2.22. The van der Waals surface area contributed by atoms with E-state index in [0.717, 1.165) is 29.3 Å². The third-order valence-electron chi connectivity index (χ3n) is 3.76. The molecule has 1 aromatic heterocycles. The summed E-state index contributed by atoms with van der Waals surface area (Å²) in [4.78, 5) is 11.0. The number of aromatic nitrogens is 1. The van der Waals surface area contributed by atoms with Crippen molar-refractivity contribution in [1.82, 2.24) is 15.2 Å². The molecule has 0 saturated heterocycles. The van der Waals surface area contributed by atoms with Crippen molar-refractivity contribution < 1.29 is 13.5 Å². The molecule has 1 heterocycles. The SMILES string of the molecule is CCNC(=NCc1ncccc1C)N(C)Cc1ccc(OC(F)F)cc1.I. The molecule has 0 aliphatic heterocycles. The van der Waals surface area contributed by atoms with Crippen LogP contribution in [-0.2, 0) is 13.1 Å². The first-order chi connectivity index (χ1) is 12.5. The molecule has 0 aliphatic rings. The molecule has 0 radical (unpaired) electrons. The van der Waals surface area contributed by atoms with Crippen molar-refractivity contribution in [3.8, 4) is 5.75 Å². The molecule has 0 saturated carbocycles. The zero-order chi connectivity index (χ0) is 18.9. The maximum absolute atomic E-state index is 12.2. The second kappa shape index (κ2) is 11.7.